The van der Waals surface area contributed by atoms with Crippen molar-refractivity contribution in [3.05, 3.63) is 70.5 Å². The number of carbonyl (C=O) groups is 2. The van der Waals surface area contributed by atoms with Crippen molar-refractivity contribution >= 4 is 11.8 Å². The molecule has 8 nitrogen and oxygen atoms in total. The molecule has 4 aliphatic rings. The number of methoxy groups -OCH3 is 2. The summed E-state index contributed by atoms with van der Waals surface area (Å²) in [7, 11) is 2.83. The molecule has 8 heteroatoms. The van der Waals surface area contributed by atoms with Gasteiger partial charge in [-0.2, -0.15) is 0 Å². The molecule has 1 saturated heterocycles. The van der Waals surface area contributed by atoms with E-state index in [1.54, 1.807) is 19.2 Å². The summed E-state index contributed by atoms with van der Waals surface area (Å²) in [6.45, 7) is 3.84. The zero-order valence-corrected chi connectivity index (χ0v) is 22.0. The molecule has 3 aliphatic heterocycles. The van der Waals surface area contributed by atoms with Crippen LogP contribution in [-0.4, -0.2) is 61.4 Å². The molecule has 6 rings (SSSR count). The molecule has 4 atom stereocenters. The highest BCUT2D eigenvalue weighted by Crippen LogP contribution is 2.58. The van der Waals surface area contributed by atoms with Crippen molar-refractivity contribution in [2.45, 2.75) is 49.7 Å². The van der Waals surface area contributed by atoms with E-state index in [4.69, 9.17) is 18.9 Å². The Morgan fingerprint density at radius 3 is 2.58 bits per heavy atom. The second-order valence-corrected chi connectivity index (χ2v) is 10.8. The first kappa shape index (κ1) is 24.9. The Kier molecular flexibility index (Phi) is 6.00. The molecular formula is C30H33NO7. The van der Waals surface area contributed by atoms with E-state index in [0.717, 1.165) is 49.0 Å². The number of ether oxygens (including phenoxy) is 4. The smallest absolute Gasteiger partial charge is 0.309 e. The Hall–Kier alpha value is -3.36. The average Bonchev–Trinajstić information content (AvgIpc) is 3.61. The monoisotopic (exact) mass is 519 g/mol. The van der Waals surface area contributed by atoms with Crippen LogP contribution < -0.4 is 9.47 Å². The van der Waals surface area contributed by atoms with Gasteiger partial charge in [0.15, 0.2) is 22.9 Å². The van der Waals surface area contributed by atoms with E-state index < -0.39 is 35.2 Å². The molecule has 0 amide bonds. The van der Waals surface area contributed by atoms with Gasteiger partial charge in [-0.05, 0) is 67.6 Å². The summed E-state index contributed by atoms with van der Waals surface area (Å²) in [4.78, 5) is 29.7. The van der Waals surface area contributed by atoms with Crippen molar-refractivity contribution in [3.63, 3.8) is 0 Å². The summed E-state index contributed by atoms with van der Waals surface area (Å²) in [6, 6.07) is 11.1. The lowest BCUT2D eigenvalue weighted by atomic mass is 9.69. The van der Waals surface area contributed by atoms with Gasteiger partial charge in [-0.15, -0.1) is 0 Å². The van der Waals surface area contributed by atoms with E-state index >= 15 is 0 Å². The minimum absolute atomic E-state index is 0.163. The summed E-state index contributed by atoms with van der Waals surface area (Å²) in [5.41, 5.74) is 0.908. The fourth-order valence-corrected chi connectivity index (χ4v) is 7.01. The highest BCUT2D eigenvalue weighted by atomic mass is 16.7. The van der Waals surface area contributed by atoms with E-state index in [1.807, 2.05) is 31.2 Å². The molecule has 2 aromatic rings. The van der Waals surface area contributed by atoms with Gasteiger partial charge >= 0.3 is 5.97 Å². The normalized spacial score (nSPS) is 26.9. The maximum absolute atomic E-state index is 14.7. The van der Waals surface area contributed by atoms with Crippen LogP contribution in [0.25, 0.3) is 0 Å². The van der Waals surface area contributed by atoms with Gasteiger partial charge in [-0.25, -0.2) is 0 Å². The molecule has 1 aliphatic carbocycles. The molecule has 1 N–H and O–H groups in total. The first-order valence-corrected chi connectivity index (χ1v) is 13.2. The fourth-order valence-electron chi connectivity index (χ4n) is 7.01. The van der Waals surface area contributed by atoms with Gasteiger partial charge < -0.3 is 24.1 Å². The van der Waals surface area contributed by atoms with Crippen molar-refractivity contribution in [3.8, 4) is 11.5 Å². The van der Waals surface area contributed by atoms with Gasteiger partial charge in [0.05, 0.1) is 32.1 Å². The number of ketones is 1. The van der Waals surface area contributed by atoms with Gasteiger partial charge in [0, 0.05) is 12.5 Å². The van der Waals surface area contributed by atoms with Gasteiger partial charge in [0.25, 0.3) is 0 Å². The van der Waals surface area contributed by atoms with Crippen LogP contribution in [0.5, 0.6) is 11.5 Å². The van der Waals surface area contributed by atoms with E-state index in [2.05, 4.69) is 11.0 Å². The molecule has 0 bridgehead atoms. The largest absolute Gasteiger partial charge is 0.501 e. The molecule has 1 spiro atoms. The lowest BCUT2D eigenvalue weighted by Gasteiger charge is -2.41. The van der Waals surface area contributed by atoms with Crippen LogP contribution in [0, 0.1) is 12.8 Å². The van der Waals surface area contributed by atoms with E-state index in [-0.39, 0.29) is 12.7 Å². The van der Waals surface area contributed by atoms with E-state index in [1.165, 1.54) is 7.11 Å². The van der Waals surface area contributed by atoms with Gasteiger partial charge in [0.2, 0.25) is 6.79 Å². The van der Waals surface area contributed by atoms with Crippen LogP contribution in [-0.2, 0) is 31.1 Å². The number of hydrogen-bond acceptors (Lipinski definition) is 8. The summed E-state index contributed by atoms with van der Waals surface area (Å²) < 4.78 is 22.2. The molecule has 0 aromatic heterocycles. The number of aryl methyl sites for hydroxylation is 1. The van der Waals surface area contributed by atoms with Crippen LogP contribution in [0.4, 0.5) is 0 Å². The number of benzene rings is 2. The predicted octanol–water partition coefficient (Wildman–Crippen LogP) is 3.38. The Morgan fingerprint density at radius 2 is 1.87 bits per heavy atom. The maximum atomic E-state index is 14.7. The molecule has 0 radical (unpaired) electrons. The summed E-state index contributed by atoms with van der Waals surface area (Å²) >= 11 is 0. The summed E-state index contributed by atoms with van der Waals surface area (Å²) in [6.07, 6.45) is 4.28. The Morgan fingerprint density at radius 1 is 1.13 bits per heavy atom. The number of carbonyl (C=O) groups excluding carboxylic acids is 2. The van der Waals surface area contributed by atoms with Crippen LogP contribution in [0.15, 0.2) is 48.2 Å². The average molecular weight is 520 g/mol. The second-order valence-electron chi connectivity index (χ2n) is 10.8. The Balaban J connectivity index is 1.53. The molecule has 0 saturated carbocycles. The molecule has 38 heavy (non-hydrogen) atoms. The van der Waals surface area contributed by atoms with Crippen molar-refractivity contribution < 1.29 is 33.6 Å². The van der Waals surface area contributed by atoms with Crippen molar-refractivity contribution in [1.82, 2.24) is 4.90 Å². The SMILES string of the molecule is COC(=O)C[C@@](O)(C(=O)[C@@H]1C(OC)=C[C@]23CCCN2CCc2cc4c(cc2[C@H]13)OCO4)c1ccc(C)cc1. The fraction of sp³-hybridized carbons (Fsp3) is 0.467. The van der Waals surface area contributed by atoms with Crippen LogP contribution >= 0.6 is 0 Å². The minimum atomic E-state index is -2.10. The Labute approximate surface area is 222 Å². The molecule has 0 unspecified atom stereocenters. The first-order valence-electron chi connectivity index (χ1n) is 13.2. The number of Topliss-reactive ketones (excluding diaryl/α,β-unsaturated/α-hetero) is 1. The van der Waals surface area contributed by atoms with Gasteiger partial charge in [-0.1, -0.05) is 29.8 Å². The molecule has 1 fully saturated rings. The number of hydrogen-bond donors (Lipinski definition) is 1. The van der Waals surface area contributed by atoms with Crippen LogP contribution in [0.1, 0.15) is 47.4 Å². The molecular weight excluding hydrogens is 486 g/mol. The van der Waals surface area contributed by atoms with Crippen molar-refractivity contribution in [2.24, 2.45) is 5.92 Å². The van der Waals surface area contributed by atoms with Gasteiger partial charge in [0.1, 0.15) is 5.76 Å². The van der Waals surface area contributed by atoms with Crippen molar-refractivity contribution in [1.29, 1.82) is 0 Å². The summed E-state index contributed by atoms with van der Waals surface area (Å²) in [5, 5.41) is 12.1. The third-order valence-electron chi connectivity index (χ3n) is 8.87. The number of rotatable bonds is 6. The number of esters is 1. The number of fused-ring (bicyclic) bond motifs is 3. The zero-order valence-electron chi connectivity index (χ0n) is 22.0. The van der Waals surface area contributed by atoms with Crippen LogP contribution in [0.3, 0.4) is 0 Å². The minimum Gasteiger partial charge on any atom is -0.501 e. The number of allylic oxidation sites excluding steroid dienone is 1. The van der Waals surface area contributed by atoms with Crippen LogP contribution in [0.2, 0.25) is 0 Å². The first-order chi connectivity index (χ1) is 18.3. The van der Waals surface area contributed by atoms with Gasteiger partial charge in [-0.3, -0.25) is 14.5 Å². The topological polar surface area (TPSA) is 94.5 Å². The second kappa shape index (κ2) is 9.13. The Bertz CT molecular complexity index is 1320. The van der Waals surface area contributed by atoms with Crippen molar-refractivity contribution in [2.75, 3.05) is 34.1 Å². The lowest BCUT2D eigenvalue weighted by molar-refractivity contribution is -0.157. The predicted molar refractivity (Wildman–Crippen MR) is 138 cm³/mol. The highest BCUT2D eigenvalue weighted by molar-refractivity contribution is 5.97. The zero-order chi connectivity index (χ0) is 26.7. The molecule has 3 heterocycles. The quantitative estimate of drug-likeness (QED) is 0.581. The number of nitrogens with zero attached hydrogens (tertiary/aromatic N) is 1. The standard InChI is InChI=1S/C30H33NO7/c1-18-5-7-20(8-6-18)30(34,16-25(32)36-3)28(33)26-24(35-2)15-29-10-4-11-31(29)12-9-19-13-22-23(38-17-37-22)14-21(19)27(26)29/h5-8,13-15,26-27,34H,4,9-12,16-17H2,1-3H3/t26-,27-,29+,30+/m1/s1. The third-order valence-corrected chi connectivity index (χ3v) is 8.87. The molecule has 200 valence electrons. The lowest BCUT2D eigenvalue weighted by Crippen LogP contribution is -2.50. The summed E-state index contributed by atoms with van der Waals surface area (Å²) in [5.74, 6) is -0.382. The maximum Gasteiger partial charge on any atom is 0.309 e. The van der Waals surface area contributed by atoms with E-state index in [9.17, 15) is 14.7 Å². The highest BCUT2D eigenvalue weighted by Gasteiger charge is 2.61. The van der Waals surface area contributed by atoms with E-state index in [0.29, 0.717) is 22.8 Å². The number of aliphatic hydroxyl groups is 1. The molecule has 2 aromatic carbocycles. The third kappa shape index (κ3) is 3.65.